The van der Waals surface area contributed by atoms with Crippen molar-refractivity contribution in [3.05, 3.63) is 36.1 Å². The van der Waals surface area contributed by atoms with E-state index in [2.05, 4.69) is 26.0 Å². The van der Waals surface area contributed by atoms with E-state index in [0.717, 1.165) is 17.1 Å². The fraction of sp³-hybridized carbons (Fsp3) is 0.273. The van der Waals surface area contributed by atoms with E-state index in [1.807, 2.05) is 18.2 Å². The minimum absolute atomic E-state index is 0.442. The van der Waals surface area contributed by atoms with Crippen molar-refractivity contribution in [3.8, 4) is 11.3 Å². The first-order chi connectivity index (χ1) is 5.77. The van der Waals surface area contributed by atoms with Crippen molar-refractivity contribution in [2.45, 2.75) is 19.8 Å². The predicted molar refractivity (Wildman–Crippen MR) is 48.3 cm³/mol. The fourth-order valence-electron chi connectivity index (χ4n) is 1.22. The first kappa shape index (κ1) is 7.41. The average Bonchev–Trinajstić information content (AvgIpc) is 2.49. The van der Waals surface area contributed by atoms with E-state index in [-0.39, 0.29) is 0 Å². The van der Waals surface area contributed by atoms with Gasteiger partial charge in [0.25, 0.3) is 0 Å². The summed E-state index contributed by atoms with van der Waals surface area (Å²) in [5.74, 6) is 2.32. The molecule has 2 rings (SSSR count). The fourth-order valence-corrected chi connectivity index (χ4v) is 1.22. The normalized spacial score (nSPS) is 11.2. The lowest BCUT2D eigenvalue weighted by molar-refractivity contribution is 0.483. The number of rotatable bonds is 1. The molecule has 2 aliphatic rings. The van der Waals surface area contributed by atoms with Crippen molar-refractivity contribution in [3.63, 3.8) is 0 Å². The van der Waals surface area contributed by atoms with Gasteiger partial charge >= 0.3 is 0 Å². The van der Waals surface area contributed by atoms with Crippen molar-refractivity contribution in [2.75, 3.05) is 0 Å². The Hall–Kier alpha value is -1.24. The van der Waals surface area contributed by atoms with Crippen LogP contribution in [0.2, 0.25) is 0 Å². The van der Waals surface area contributed by atoms with E-state index in [9.17, 15) is 0 Å². The Morgan fingerprint density at radius 3 is 2.83 bits per heavy atom. The molecule has 0 saturated heterocycles. The van der Waals surface area contributed by atoms with Gasteiger partial charge in [-0.1, -0.05) is 19.9 Å². The molecule has 0 N–H and O–H groups in total. The molecule has 12 heavy (non-hydrogen) atoms. The molecule has 1 aliphatic heterocycles. The lowest BCUT2D eigenvalue weighted by Gasteiger charge is -2.06. The van der Waals surface area contributed by atoms with Gasteiger partial charge in [-0.25, -0.2) is 0 Å². The molecule has 1 heteroatoms. The Bertz CT molecular complexity index is 346. The third-order valence-electron chi connectivity index (χ3n) is 1.96. The van der Waals surface area contributed by atoms with Crippen LogP contribution in [-0.4, -0.2) is 0 Å². The van der Waals surface area contributed by atoms with E-state index in [0.29, 0.717) is 5.92 Å². The Morgan fingerprint density at radius 2 is 2.08 bits per heavy atom. The minimum Gasteiger partial charge on any atom is -0.460 e. The standard InChI is InChI=1S/C11H11O/c1-8(2)10-7-6-9-4-3-5-11(9)12-10/h3-4,6-8H,1-2H3. The maximum Gasteiger partial charge on any atom is 0.142 e. The van der Waals surface area contributed by atoms with Crippen LogP contribution < -0.4 is 0 Å². The second-order valence-corrected chi connectivity index (χ2v) is 3.25. The van der Waals surface area contributed by atoms with E-state index >= 15 is 0 Å². The molecule has 0 aromatic heterocycles. The molecule has 0 aromatic rings. The van der Waals surface area contributed by atoms with E-state index < -0.39 is 0 Å². The minimum atomic E-state index is 0.442. The van der Waals surface area contributed by atoms with Crippen molar-refractivity contribution in [2.24, 2.45) is 0 Å². The topological polar surface area (TPSA) is 13.1 Å². The zero-order chi connectivity index (χ0) is 8.55. The molecule has 0 spiro atoms. The second kappa shape index (κ2) is 2.67. The summed E-state index contributed by atoms with van der Waals surface area (Å²) >= 11 is 0. The highest BCUT2D eigenvalue weighted by atomic mass is 16.3. The highest BCUT2D eigenvalue weighted by molar-refractivity contribution is 5.59. The lowest BCUT2D eigenvalue weighted by Crippen LogP contribution is -1.87. The van der Waals surface area contributed by atoms with E-state index in [1.165, 1.54) is 0 Å². The predicted octanol–water partition coefficient (Wildman–Crippen LogP) is 3.31. The van der Waals surface area contributed by atoms with Gasteiger partial charge in [-0.15, -0.1) is 0 Å². The van der Waals surface area contributed by atoms with Crippen molar-refractivity contribution in [1.82, 2.24) is 0 Å². The van der Waals surface area contributed by atoms with Crippen LogP contribution in [0.15, 0.2) is 28.7 Å². The zero-order valence-corrected chi connectivity index (χ0v) is 7.29. The Kier molecular flexibility index (Phi) is 1.65. The van der Waals surface area contributed by atoms with Gasteiger partial charge in [-0.2, -0.15) is 0 Å². The van der Waals surface area contributed by atoms with E-state index in [4.69, 9.17) is 4.42 Å². The third kappa shape index (κ3) is 1.11. The molecule has 1 aliphatic carbocycles. The van der Waals surface area contributed by atoms with Crippen LogP contribution in [-0.2, 0) is 0 Å². The van der Waals surface area contributed by atoms with Crippen molar-refractivity contribution in [1.29, 1.82) is 0 Å². The third-order valence-corrected chi connectivity index (χ3v) is 1.96. The number of hydrogen-bond donors (Lipinski definition) is 0. The summed E-state index contributed by atoms with van der Waals surface area (Å²) in [6, 6.07) is 11.0. The van der Waals surface area contributed by atoms with Crippen LogP contribution in [0.4, 0.5) is 0 Å². The first-order valence-electron chi connectivity index (χ1n) is 4.17. The van der Waals surface area contributed by atoms with Gasteiger partial charge in [-0.05, 0) is 18.2 Å². The largest absolute Gasteiger partial charge is 0.460 e. The summed E-state index contributed by atoms with van der Waals surface area (Å²) in [6.45, 7) is 4.24. The van der Waals surface area contributed by atoms with Gasteiger partial charge in [0.2, 0.25) is 0 Å². The van der Waals surface area contributed by atoms with Crippen molar-refractivity contribution < 1.29 is 4.42 Å². The molecule has 1 nitrogen and oxygen atoms in total. The maximum atomic E-state index is 5.61. The van der Waals surface area contributed by atoms with Crippen LogP contribution in [0.1, 0.15) is 25.5 Å². The molecule has 1 radical (unpaired) electrons. The molecule has 0 atom stereocenters. The van der Waals surface area contributed by atoms with Gasteiger partial charge in [0.05, 0.1) is 0 Å². The molecule has 0 unspecified atom stereocenters. The summed E-state index contributed by atoms with van der Waals surface area (Å²) in [4.78, 5) is 0. The van der Waals surface area contributed by atoms with Crippen LogP contribution in [0, 0.1) is 6.07 Å². The summed E-state index contributed by atoms with van der Waals surface area (Å²) in [7, 11) is 0. The molecule has 0 fully saturated rings. The molecule has 0 saturated carbocycles. The lowest BCUT2D eigenvalue weighted by atomic mass is 10.1. The Labute approximate surface area is 72.4 Å². The average molecular weight is 159 g/mol. The van der Waals surface area contributed by atoms with Gasteiger partial charge in [0, 0.05) is 17.5 Å². The quantitative estimate of drug-likeness (QED) is 0.622. The number of hydrogen-bond acceptors (Lipinski definition) is 1. The summed E-state index contributed by atoms with van der Waals surface area (Å²) < 4.78 is 5.61. The highest BCUT2D eigenvalue weighted by Crippen LogP contribution is 2.26. The molecule has 0 bridgehead atoms. The summed E-state index contributed by atoms with van der Waals surface area (Å²) in [5, 5.41) is 0. The van der Waals surface area contributed by atoms with E-state index in [1.54, 1.807) is 0 Å². The van der Waals surface area contributed by atoms with Gasteiger partial charge < -0.3 is 4.42 Å². The van der Waals surface area contributed by atoms with Crippen LogP contribution in [0.3, 0.4) is 0 Å². The molecule has 0 amide bonds. The maximum absolute atomic E-state index is 5.61. The van der Waals surface area contributed by atoms with Crippen LogP contribution in [0.25, 0.3) is 11.3 Å². The molecule has 0 aromatic carbocycles. The first-order valence-corrected chi connectivity index (χ1v) is 4.17. The monoisotopic (exact) mass is 159 g/mol. The van der Waals surface area contributed by atoms with Crippen LogP contribution >= 0.6 is 0 Å². The summed E-state index contributed by atoms with van der Waals surface area (Å²) in [5.41, 5.74) is 1.12. The Morgan fingerprint density at radius 1 is 1.25 bits per heavy atom. The van der Waals surface area contributed by atoms with Crippen molar-refractivity contribution >= 4 is 0 Å². The van der Waals surface area contributed by atoms with Gasteiger partial charge in [-0.3, -0.25) is 0 Å². The molecule has 61 valence electrons. The SMILES string of the molecule is CC(C)c1ccc2cc[c]c-2o1. The highest BCUT2D eigenvalue weighted by Gasteiger charge is 2.07. The molecule has 1 heterocycles. The van der Waals surface area contributed by atoms with Gasteiger partial charge in [0.1, 0.15) is 11.5 Å². The van der Waals surface area contributed by atoms with Gasteiger partial charge in [0.15, 0.2) is 0 Å². The zero-order valence-electron chi connectivity index (χ0n) is 7.29. The smallest absolute Gasteiger partial charge is 0.142 e. The molecular weight excluding hydrogens is 148 g/mol. The summed E-state index contributed by atoms with van der Waals surface area (Å²) in [6.07, 6.45) is 0. The second-order valence-electron chi connectivity index (χ2n) is 3.25. The number of fused-ring (bicyclic) bond motifs is 1. The Balaban J connectivity index is 2.54. The molecular formula is C11H11O. The van der Waals surface area contributed by atoms with Crippen LogP contribution in [0.5, 0.6) is 0 Å².